The largest absolute Gasteiger partial charge is 0.330 e. The predicted molar refractivity (Wildman–Crippen MR) is 82.2 cm³/mol. The minimum absolute atomic E-state index is 0.662. The SMILES string of the molecule is Cc1ccc(C2CCCN2CCCCCCN)cc1. The van der Waals surface area contributed by atoms with Crippen LogP contribution in [0.3, 0.4) is 0 Å². The number of nitrogens with zero attached hydrogens (tertiary/aromatic N) is 1. The Kier molecular flexibility index (Phi) is 5.87. The van der Waals surface area contributed by atoms with Crippen LogP contribution in [0.5, 0.6) is 0 Å². The molecule has 0 spiro atoms. The molecular formula is C17H28N2. The van der Waals surface area contributed by atoms with Gasteiger partial charge in [-0.15, -0.1) is 0 Å². The average molecular weight is 260 g/mol. The maximum absolute atomic E-state index is 5.53. The van der Waals surface area contributed by atoms with Gasteiger partial charge in [-0.05, 0) is 57.8 Å². The lowest BCUT2D eigenvalue weighted by Gasteiger charge is -2.25. The molecule has 0 bridgehead atoms. The van der Waals surface area contributed by atoms with Crippen molar-refractivity contribution in [3.63, 3.8) is 0 Å². The number of hydrogen-bond donors (Lipinski definition) is 1. The number of benzene rings is 1. The molecular weight excluding hydrogens is 232 g/mol. The monoisotopic (exact) mass is 260 g/mol. The molecule has 1 aliphatic heterocycles. The van der Waals surface area contributed by atoms with E-state index in [1.807, 2.05) is 0 Å². The maximum atomic E-state index is 5.53. The van der Waals surface area contributed by atoms with Crippen LogP contribution in [0.25, 0.3) is 0 Å². The summed E-state index contributed by atoms with van der Waals surface area (Å²) < 4.78 is 0. The minimum atomic E-state index is 0.662. The van der Waals surface area contributed by atoms with Crippen LogP contribution in [0.2, 0.25) is 0 Å². The van der Waals surface area contributed by atoms with Gasteiger partial charge in [0.15, 0.2) is 0 Å². The van der Waals surface area contributed by atoms with Gasteiger partial charge in [0.2, 0.25) is 0 Å². The standard InChI is InChI=1S/C17H28N2/c1-15-8-10-16(11-9-15)17-7-6-14-19(17)13-5-3-2-4-12-18/h8-11,17H,2-7,12-14,18H2,1H3. The lowest BCUT2D eigenvalue weighted by atomic mass is 10.0. The van der Waals surface area contributed by atoms with E-state index >= 15 is 0 Å². The first-order valence-electron chi connectivity index (χ1n) is 7.82. The van der Waals surface area contributed by atoms with Crippen molar-refractivity contribution in [1.29, 1.82) is 0 Å². The molecule has 2 nitrogen and oxygen atoms in total. The second-order valence-corrected chi connectivity index (χ2v) is 5.81. The highest BCUT2D eigenvalue weighted by atomic mass is 15.2. The van der Waals surface area contributed by atoms with Crippen molar-refractivity contribution in [1.82, 2.24) is 4.90 Å². The quantitative estimate of drug-likeness (QED) is 0.758. The van der Waals surface area contributed by atoms with Gasteiger partial charge in [0.05, 0.1) is 0 Å². The molecule has 2 N–H and O–H groups in total. The predicted octanol–water partition coefficient (Wildman–Crippen LogP) is 3.65. The summed E-state index contributed by atoms with van der Waals surface area (Å²) in [6.45, 7) is 5.53. The summed E-state index contributed by atoms with van der Waals surface area (Å²) >= 11 is 0. The normalized spacial score (nSPS) is 20.0. The molecule has 2 heteroatoms. The minimum Gasteiger partial charge on any atom is -0.330 e. The van der Waals surface area contributed by atoms with Crippen molar-refractivity contribution >= 4 is 0 Å². The Morgan fingerprint density at radius 3 is 2.58 bits per heavy atom. The number of rotatable bonds is 7. The Bertz CT molecular complexity index is 358. The molecule has 19 heavy (non-hydrogen) atoms. The van der Waals surface area contributed by atoms with Crippen molar-refractivity contribution in [3.05, 3.63) is 35.4 Å². The van der Waals surface area contributed by atoms with Gasteiger partial charge < -0.3 is 5.73 Å². The maximum Gasteiger partial charge on any atom is 0.0348 e. The second-order valence-electron chi connectivity index (χ2n) is 5.81. The highest BCUT2D eigenvalue weighted by Crippen LogP contribution is 2.32. The zero-order valence-electron chi connectivity index (χ0n) is 12.3. The topological polar surface area (TPSA) is 29.3 Å². The smallest absolute Gasteiger partial charge is 0.0348 e. The summed E-state index contributed by atoms with van der Waals surface area (Å²) in [4.78, 5) is 2.67. The Morgan fingerprint density at radius 1 is 1.11 bits per heavy atom. The zero-order valence-corrected chi connectivity index (χ0v) is 12.3. The van der Waals surface area contributed by atoms with E-state index in [2.05, 4.69) is 36.1 Å². The molecule has 106 valence electrons. The van der Waals surface area contributed by atoms with E-state index in [4.69, 9.17) is 5.73 Å². The second kappa shape index (κ2) is 7.66. The average Bonchev–Trinajstić information content (AvgIpc) is 2.88. The summed E-state index contributed by atoms with van der Waals surface area (Å²) in [7, 11) is 0. The van der Waals surface area contributed by atoms with Crippen molar-refractivity contribution < 1.29 is 0 Å². The van der Waals surface area contributed by atoms with Gasteiger partial charge in [-0.1, -0.05) is 42.7 Å². The number of aryl methyl sites for hydroxylation is 1. The molecule has 1 heterocycles. The molecule has 1 atom stereocenters. The van der Waals surface area contributed by atoms with E-state index in [1.165, 1.54) is 62.7 Å². The van der Waals surface area contributed by atoms with Gasteiger partial charge in [0.1, 0.15) is 0 Å². The third-order valence-electron chi connectivity index (χ3n) is 4.23. The highest BCUT2D eigenvalue weighted by Gasteiger charge is 2.24. The van der Waals surface area contributed by atoms with Crippen LogP contribution in [0.15, 0.2) is 24.3 Å². The summed E-state index contributed by atoms with van der Waals surface area (Å²) in [5, 5.41) is 0. The van der Waals surface area contributed by atoms with Crippen LogP contribution in [-0.4, -0.2) is 24.5 Å². The van der Waals surface area contributed by atoms with Crippen LogP contribution >= 0.6 is 0 Å². The first-order valence-corrected chi connectivity index (χ1v) is 7.82. The molecule has 0 aliphatic carbocycles. The fourth-order valence-corrected chi connectivity index (χ4v) is 3.07. The van der Waals surface area contributed by atoms with Gasteiger partial charge >= 0.3 is 0 Å². The van der Waals surface area contributed by atoms with Gasteiger partial charge in [-0.2, -0.15) is 0 Å². The van der Waals surface area contributed by atoms with Crippen molar-refractivity contribution in [2.75, 3.05) is 19.6 Å². The van der Waals surface area contributed by atoms with Crippen molar-refractivity contribution in [2.24, 2.45) is 5.73 Å². The Balaban J connectivity index is 1.81. The zero-order chi connectivity index (χ0) is 13.5. The highest BCUT2D eigenvalue weighted by molar-refractivity contribution is 5.24. The van der Waals surface area contributed by atoms with E-state index in [-0.39, 0.29) is 0 Å². The van der Waals surface area contributed by atoms with Crippen LogP contribution in [0.1, 0.15) is 55.7 Å². The molecule has 1 aromatic carbocycles. The number of likely N-dealkylation sites (tertiary alicyclic amines) is 1. The molecule has 0 aromatic heterocycles. The first kappa shape index (κ1) is 14.5. The molecule has 1 saturated heterocycles. The molecule has 0 saturated carbocycles. The summed E-state index contributed by atoms with van der Waals surface area (Å²) in [6, 6.07) is 9.77. The molecule has 1 fully saturated rings. The Labute approximate surface area is 118 Å². The third-order valence-corrected chi connectivity index (χ3v) is 4.23. The molecule has 1 unspecified atom stereocenters. The molecule has 1 aliphatic rings. The third kappa shape index (κ3) is 4.32. The summed E-state index contributed by atoms with van der Waals surface area (Å²) in [5.41, 5.74) is 8.39. The fourth-order valence-electron chi connectivity index (χ4n) is 3.07. The lowest BCUT2D eigenvalue weighted by molar-refractivity contribution is 0.251. The van der Waals surface area contributed by atoms with Crippen molar-refractivity contribution in [2.45, 2.75) is 51.5 Å². The van der Waals surface area contributed by atoms with E-state index < -0.39 is 0 Å². The van der Waals surface area contributed by atoms with Crippen LogP contribution < -0.4 is 5.73 Å². The molecule has 0 amide bonds. The van der Waals surface area contributed by atoms with Gasteiger partial charge in [0, 0.05) is 6.04 Å². The van der Waals surface area contributed by atoms with Crippen LogP contribution in [-0.2, 0) is 0 Å². The van der Waals surface area contributed by atoms with E-state index in [0.717, 1.165) is 6.54 Å². The summed E-state index contributed by atoms with van der Waals surface area (Å²) in [5.74, 6) is 0. The first-order chi connectivity index (χ1) is 9.31. The van der Waals surface area contributed by atoms with Gasteiger partial charge in [-0.3, -0.25) is 4.90 Å². The van der Waals surface area contributed by atoms with E-state index in [9.17, 15) is 0 Å². The Hall–Kier alpha value is -0.860. The number of unbranched alkanes of at least 4 members (excludes halogenated alkanes) is 3. The number of nitrogens with two attached hydrogens (primary N) is 1. The van der Waals surface area contributed by atoms with Crippen molar-refractivity contribution in [3.8, 4) is 0 Å². The molecule has 2 rings (SSSR count). The molecule has 1 aromatic rings. The fraction of sp³-hybridized carbons (Fsp3) is 0.647. The van der Waals surface area contributed by atoms with E-state index in [0.29, 0.717) is 6.04 Å². The Morgan fingerprint density at radius 2 is 1.84 bits per heavy atom. The lowest BCUT2D eigenvalue weighted by Crippen LogP contribution is -2.24. The van der Waals surface area contributed by atoms with Gasteiger partial charge in [0.25, 0.3) is 0 Å². The summed E-state index contributed by atoms with van der Waals surface area (Å²) in [6.07, 6.45) is 7.80. The van der Waals surface area contributed by atoms with Gasteiger partial charge in [-0.25, -0.2) is 0 Å². The number of hydrogen-bond acceptors (Lipinski definition) is 2. The van der Waals surface area contributed by atoms with E-state index in [1.54, 1.807) is 0 Å². The van der Waals surface area contributed by atoms with Crippen LogP contribution in [0.4, 0.5) is 0 Å². The molecule has 0 radical (unpaired) electrons. The van der Waals surface area contributed by atoms with Crippen LogP contribution in [0, 0.1) is 6.92 Å².